The van der Waals surface area contributed by atoms with Gasteiger partial charge in [-0.15, -0.1) is 4.72 Å². The van der Waals surface area contributed by atoms with Gasteiger partial charge in [-0.1, -0.05) is 62.7 Å². The number of aromatic nitrogens is 1. The first kappa shape index (κ1) is 23.2. The normalized spacial score (nSPS) is 14.8. The molecule has 0 amide bonds. The lowest BCUT2D eigenvalue weighted by Gasteiger charge is -2.26. The molecule has 1 aromatic heterocycles. The minimum Gasteiger partial charge on any atom is -0.598 e. The third kappa shape index (κ3) is 5.23. The average molecular weight is 445 g/mol. The van der Waals surface area contributed by atoms with Crippen LogP contribution in [0.4, 0.5) is 0 Å². The second kappa shape index (κ2) is 8.58. The Labute approximate surface area is 189 Å². The predicted molar refractivity (Wildman–Crippen MR) is 131 cm³/mol. The Morgan fingerprint density at radius 1 is 1.07 bits per heavy atom. The van der Waals surface area contributed by atoms with Crippen molar-refractivity contribution in [2.24, 2.45) is 5.41 Å². The quantitative estimate of drug-likeness (QED) is 0.425. The van der Waals surface area contributed by atoms with Gasteiger partial charge >= 0.3 is 0 Å². The van der Waals surface area contributed by atoms with E-state index < -0.39 is 11.4 Å². The highest BCUT2D eigenvalue weighted by Gasteiger charge is 2.29. The Balaban J connectivity index is 2.10. The Morgan fingerprint density at radius 2 is 1.73 bits per heavy atom. The van der Waals surface area contributed by atoms with E-state index in [-0.39, 0.29) is 16.2 Å². The van der Waals surface area contributed by atoms with E-state index in [4.69, 9.17) is 11.6 Å². The summed E-state index contributed by atoms with van der Waals surface area (Å²) in [4.78, 5) is 0. The summed E-state index contributed by atoms with van der Waals surface area (Å²) in [5.74, 6) is 0. The van der Waals surface area contributed by atoms with Gasteiger partial charge in [-0.2, -0.15) is 0 Å². The molecule has 3 rings (SSSR count). The molecule has 2 atom stereocenters. The maximum atomic E-state index is 12.7. The summed E-state index contributed by atoms with van der Waals surface area (Å²) in [6, 6.07) is 14.4. The Hall–Kier alpha value is -1.46. The zero-order valence-electron chi connectivity index (χ0n) is 19.0. The van der Waals surface area contributed by atoms with Crippen LogP contribution in [0.5, 0.6) is 0 Å². The molecular formula is C25H33ClN2OS. The van der Waals surface area contributed by atoms with Crippen LogP contribution in [0.2, 0.25) is 5.02 Å². The number of rotatable bonds is 5. The molecule has 0 fully saturated rings. The summed E-state index contributed by atoms with van der Waals surface area (Å²) in [6.07, 6.45) is 2.21. The lowest BCUT2D eigenvalue weighted by Crippen LogP contribution is -2.40. The van der Waals surface area contributed by atoms with Crippen LogP contribution < -0.4 is 4.72 Å². The summed E-state index contributed by atoms with van der Waals surface area (Å²) in [5.41, 5.74) is 4.61. The zero-order valence-corrected chi connectivity index (χ0v) is 20.6. The van der Waals surface area contributed by atoms with Gasteiger partial charge in [0.15, 0.2) is 0 Å². The van der Waals surface area contributed by atoms with Gasteiger partial charge in [-0.05, 0) is 56.4 Å². The third-order valence-corrected chi connectivity index (χ3v) is 7.06. The van der Waals surface area contributed by atoms with Gasteiger partial charge in [0.25, 0.3) is 0 Å². The topological polar surface area (TPSA) is 40.0 Å². The van der Waals surface area contributed by atoms with E-state index in [0.717, 1.165) is 28.3 Å². The van der Waals surface area contributed by atoms with E-state index in [9.17, 15) is 4.55 Å². The van der Waals surface area contributed by atoms with E-state index in [1.165, 1.54) is 10.9 Å². The molecule has 1 unspecified atom stereocenters. The van der Waals surface area contributed by atoms with Crippen molar-refractivity contribution in [2.75, 3.05) is 0 Å². The molecule has 0 saturated heterocycles. The minimum atomic E-state index is -1.13. The summed E-state index contributed by atoms with van der Waals surface area (Å²) in [5, 5.41) is 1.93. The summed E-state index contributed by atoms with van der Waals surface area (Å²) >= 11 is 5.33. The van der Waals surface area contributed by atoms with Crippen LogP contribution in [0.25, 0.3) is 22.0 Å². The fraction of sp³-hybridized carbons (Fsp3) is 0.440. The van der Waals surface area contributed by atoms with Crippen LogP contribution in [-0.2, 0) is 17.9 Å². The summed E-state index contributed by atoms with van der Waals surface area (Å²) in [7, 11) is 0. The summed E-state index contributed by atoms with van der Waals surface area (Å²) in [6.45, 7) is 15.7. The first-order valence-electron chi connectivity index (χ1n) is 10.4. The van der Waals surface area contributed by atoms with E-state index in [1.807, 2.05) is 39.0 Å². The lowest BCUT2D eigenvalue weighted by atomic mass is 9.97. The smallest absolute Gasteiger partial charge is 0.136 e. The third-order valence-electron chi connectivity index (χ3n) is 5.05. The highest BCUT2D eigenvalue weighted by molar-refractivity contribution is 7.90. The first-order chi connectivity index (χ1) is 13.9. The Bertz CT molecular complexity index is 1030. The highest BCUT2D eigenvalue weighted by atomic mass is 35.5. The molecule has 0 aliphatic carbocycles. The molecule has 1 N–H and O–H groups in total. The molecule has 0 aliphatic rings. The van der Waals surface area contributed by atoms with Crippen LogP contribution in [0.3, 0.4) is 0 Å². The molecule has 3 nitrogen and oxygen atoms in total. The van der Waals surface area contributed by atoms with Crippen LogP contribution in [0.1, 0.15) is 60.1 Å². The van der Waals surface area contributed by atoms with Gasteiger partial charge in [0.2, 0.25) is 0 Å². The average Bonchev–Trinajstić information content (AvgIpc) is 2.97. The molecule has 3 aromatic rings. The highest BCUT2D eigenvalue weighted by Crippen LogP contribution is 2.35. The molecule has 5 heteroatoms. The molecule has 0 bridgehead atoms. The van der Waals surface area contributed by atoms with Crippen molar-refractivity contribution in [3.8, 4) is 11.1 Å². The maximum Gasteiger partial charge on any atom is 0.136 e. The predicted octanol–water partition coefficient (Wildman–Crippen LogP) is 7.12. The SMILES string of the molecule is C[C@@H](N[S+]([O-])C(C)(C)C)c1cn(CC(C)(C)C)c2cc(-c3ccccc3Cl)ccc12. The van der Waals surface area contributed by atoms with Crippen LogP contribution in [-0.4, -0.2) is 13.9 Å². The van der Waals surface area contributed by atoms with Gasteiger partial charge in [0.1, 0.15) is 4.75 Å². The zero-order chi connectivity index (χ0) is 22.3. The molecule has 1 heterocycles. The van der Waals surface area contributed by atoms with Crippen molar-refractivity contribution >= 4 is 33.9 Å². The maximum absolute atomic E-state index is 12.7. The van der Waals surface area contributed by atoms with E-state index in [0.29, 0.717) is 0 Å². The van der Waals surface area contributed by atoms with Crippen LogP contribution in [0, 0.1) is 5.41 Å². The number of hydrogen-bond donors (Lipinski definition) is 1. The molecular weight excluding hydrogens is 412 g/mol. The van der Waals surface area contributed by atoms with Gasteiger partial charge in [0.05, 0.1) is 6.04 Å². The molecule has 0 saturated carbocycles. The number of fused-ring (bicyclic) bond motifs is 1. The van der Waals surface area contributed by atoms with Gasteiger partial charge in [-0.25, -0.2) is 0 Å². The molecule has 162 valence electrons. The van der Waals surface area contributed by atoms with Crippen molar-refractivity contribution in [1.29, 1.82) is 0 Å². The minimum absolute atomic E-state index is 0.0278. The number of hydrogen-bond acceptors (Lipinski definition) is 2. The van der Waals surface area contributed by atoms with Crippen LogP contribution in [0.15, 0.2) is 48.7 Å². The largest absolute Gasteiger partial charge is 0.598 e. The fourth-order valence-corrected chi connectivity index (χ4v) is 4.62. The van der Waals surface area contributed by atoms with Crippen molar-refractivity contribution in [3.63, 3.8) is 0 Å². The molecule has 0 radical (unpaired) electrons. The Morgan fingerprint density at radius 3 is 2.33 bits per heavy atom. The summed E-state index contributed by atoms with van der Waals surface area (Å²) < 4.78 is 18.0. The number of halogens is 1. The van der Waals surface area contributed by atoms with Crippen LogP contribution >= 0.6 is 11.6 Å². The van der Waals surface area contributed by atoms with Crippen molar-refractivity contribution in [3.05, 3.63) is 59.2 Å². The molecule has 0 aliphatic heterocycles. The Kier molecular flexibility index (Phi) is 6.64. The molecule has 30 heavy (non-hydrogen) atoms. The van der Waals surface area contributed by atoms with E-state index in [2.05, 4.69) is 67.4 Å². The second-order valence-electron chi connectivity index (χ2n) is 10.2. The first-order valence-corrected chi connectivity index (χ1v) is 12.0. The van der Waals surface area contributed by atoms with Crippen molar-refractivity contribution in [2.45, 2.75) is 65.8 Å². The van der Waals surface area contributed by atoms with Gasteiger partial charge in [-0.3, -0.25) is 0 Å². The van der Waals surface area contributed by atoms with E-state index >= 15 is 0 Å². The molecule has 2 aromatic carbocycles. The van der Waals surface area contributed by atoms with Gasteiger partial charge in [0, 0.05) is 45.6 Å². The van der Waals surface area contributed by atoms with Crippen molar-refractivity contribution < 1.29 is 4.55 Å². The number of nitrogens with zero attached hydrogens (tertiary/aromatic N) is 1. The molecule has 0 spiro atoms. The second-order valence-corrected chi connectivity index (χ2v) is 12.6. The van der Waals surface area contributed by atoms with E-state index in [1.54, 1.807) is 0 Å². The standard InChI is InChI=1S/C25H33ClN2OS/c1-17(27-30(29)25(5,6)7)21-15-28(16-24(2,3)4)23-14-18(12-13-20(21)23)19-10-8-9-11-22(19)26/h8-15,17,27H,16H2,1-7H3/t17-,30?/m1/s1. The fourth-order valence-electron chi connectivity index (χ4n) is 3.57. The van der Waals surface area contributed by atoms with Gasteiger partial charge < -0.3 is 9.12 Å². The number of nitrogens with one attached hydrogen (secondary N) is 1. The number of benzene rings is 2. The monoisotopic (exact) mass is 444 g/mol. The lowest BCUT2D eigenvalue weighted by molar-refractivity contribution is 0.349. The van der Waals surface area contributed by atoms with Crippen molar-refractivity contribution in [1.82, 2.24) is 9.29 Å².